The van der Waals surface area contributed by atoms with Crippen LogP contribution < -0.4 is 14.2 Å². The van der Waals surface area contributed by atoms with Crippen LogP contribution in [0, 0.1) is 5.92 Å². The molecule has 10 heteroatoms. The van der Waals surface area contributed by atoms with Crippen molar-refractivity contribution in [2.24, 2.45) is 5.92 Å². The van der Waals surface area contributed by atoms with E-state index in [9.17, 15) is 26.4 Å². The van der Waals surface area contributed by atoms with Gasteiger partial charge in [0.1, 0.15) is 17.1 Å². The number of carbonyl (C=O) groups is 1. The zero-order valence-electron chi connectivity index (χ0n) is 16.4. The average Bonchev–Trinajstić information content (AvgIpc) is 2.64. The lowest BCUT2D eigenvalue weighted by Crippen LogP contribution is -2.47. The van der Waals surface area contributed by atoms with E-state index in [1.165, 1.54) is 30.0 Å². The van der Waals surface area contributed by atoms with Crippen LogP contribution in [-0.4, -0.2) is 32.4 Å². The third-order valence-electron chi connectivity index (χ3n) is 4.90. The van der Waals surface area contributed by atoms with Gasteiger partial charge in [-0.05, 0) is 56.2 Å². The predicted molar refractivity (Wildman–Crippen MR) is 104 cm³/mol. The van der Waals surface area contributed by atoms with Crippen LogP contribution in [0.5, 0.6) is 11.5 Å². The number of anilines is 1. The Balaban J connectivity index is 1.89. The molecule has 0 saturated heterocycles. The molecule has 3 rings (SSSR count). The molecule has 0 aromatic heterocycles. The first kappa shape index (κ1) is 21.9. The minimum Gasteiger partial charge on any atom is -0.497 e. The highest BCUT2D eigenvalue weighted by molar-refractivity contribution is 7.93. The van der Waals surface area contributed by atoms with Gasteiger partial charge >= 0.3 is 15.5 Å². The molecule has 1 aliphatic heterocycles. The SMILES string of the molecule is COc1ccc2c(c1)C(=O)C(Cc1cccc(NS(=O)(=O)C(F)(F)F)c1)C(C)(C)O2. The van der Waals surface area contributed by atoms with Crippen LogP contribution in [0.25, 0.3) is 0 Å². The molecule has 1 atom stereocenters. The monoisotopic (exact) mass is 443 g/mol. The maximum Gasteiger partial charge on any atom is 0.516 e. The number of nitrogens with one attached hydrogen (secondary N) is 1. The van der Waals surface area contributed by atoms with Gasteiger partial charge in [0, 0.05) is 5.69 Å². The Morgan fingerprint density at radius 1 is 1.17 bits per heavy atom. The van der Waals surface area contributed by atoms with Crippen LogP contribution in [0.4, 0.5) is 18.9 Å². The van der Waals surface area contributed by atoms with Crippen molar-refractivity contribution in [1.82, 2.24) is 0 Å². The van der Waals surface area contributed by atoms with Gasteiger partial charge in [-0.3, -0.25) is 9.52 Å². The maximum atomic E-state index is 13.2. The van der Waals surface area contributed by atoms with E-state index in [-0.39, 0.29) is 17.9 Å². The second-order valence-corrected chi connectivity index (χ2v) is 9.11. The van der Waals surface area contributed by atoms with Crippen molar-refractivity contribution in [2.75, 3.05) is 11.8 Å². The summed E-state index contributed by atoms with van der Waals surface area (Å²) >= 11 is 0. The Morgan fingerprint density at radius 3 is 2.50 bits per heavy atom. The van der Waals surface area contributed by atoms with E-state index in [1.807, 2.05) is 0 Å². The van der Waals surface area contributed by atoms with E-state index in [0.717, 1.165) is 0 Å². The summed E-state index contributed by atoms with van der Waals surface area (Å²) in [5.41, 5.74) is -5.72. The first-order valence-electron chi connectivity index (χ1n) is 8.93. The number of halogens is 3. The summed E-state index contributed by atoms with van der Waals surface area (Å²) in [5, 5.41) is 0. The Hall–Kier alpha value is -2.75. The second kappa shape index (κ2) is 7.50. The van der Waals surface area contributed by atoms with Crippen molar-refractivity contribution in [2.45, 2.75) is 31.4 Å². The van der Waals surface area contributed by atoms with E-state index in [4.69, 9.17) is 9.47 Å². The lowest BCUT2D eigenvalue weighted by Gasteiger charge is -2.39. The summed E-state index contributed by atoms with van der Waals surface area (Å²) in [7, 11) is -4.06. The summed E-state index contributed by atoms with van der Waals surface area (Å²) in [6.07, 6.45) is 0.143. The van der Waals surface area contributed by atoms with Crippen LogP contribution in [0.3, 0.4) is 0 Å². The van der Waals surface area contributed by atoms with Gasteiger partial charge in [0.05, 0.1) is 18.6 Å². The number of rotatable bonds is 5. The second-order valence-electron chi connectivity index (χ2n) is 7.44. The third-order valence-corrected chi connectivity index (χ3v) is 6.02. The van der Waals surface area contributed by atoms with Gasteiger partial charge in [0.2, 0.25) is 0 Å². The molecule has 0 spiro atoms. The number of ketones is 1. The molecular weight excluding hydrogens is 423 g/mol. The normalized spacial score (nSPS) is 18.3. The first-order valence-corrected chi connectivity index (χ1v) is 10.4. The highest BCUT2D eigenvalue weighted by Crippen LogP contribution is 2.40. The first-order chi connectivity index (χ1) is 13.8. The van der Waals surface area contributed by atoms with E-state index in [2.05, 4.69) is 0 Å². The number of alkyl halides is 3. The van der Waals surface area contributed by atoms with Gasteiger partial charge in [-0.2, -0.15) is 21.6 Å². The molecule has 1 heterocycles. The molecule has 2 aromatic rings. The Labute approximate surface area is 172 Å². The molecule has 30 heavy (non-hydrogen) atoms. The number of sulfonamides is 1. The fourth-order valence-electron chi connectivity index (χ4n) is 3.32. The molecule has 0 bridgehead atoms. The summed E-state index contributed by atoms with van der Waals surface area (Å²) in [6.45, 7) is 3.50. The lowest BCUT2D eigenvalue weighted by molar-refractivity contribution is -0.0429. The minimum absolute atomic E-state index is 0.143. The molecule has 1 aliphatic rings. The smallest absolute Gasteiger partial charge is 0.497 e. The number of Topliss-reactive ketones (excluding diaryl/α,β-unsaturated/α-hetero) is 1. The molecule has 1 unspecified atom stereocenters. The molecule has 0 radical (unpaired) electrons. The van der Waals surface area contributed by atoms with Crippen molar-refractivity contribution in [1.29, 1.82) is 0 Å². The Kier molecular flexibility index (Phi) is 5.48. The van der Waals surface area contributed by atoms with E-state index in [0.29, 0.717) is 22.6 Å². The number of hydrogen-bond acceptors (Lipinski definition) is 5. The van der Waals surface area contributed by atoms with Crippen LogP contribution >= 0.6 is 0 Å². The number of carbonyl (C=O) groups excluding carboxylic acids is 1. The van der Waals surface area contributed by atoms with Gasteiger partial charge in [0.25, 0.3) is 0 Å². The lowest BCUT2D eigenvalue weighted by atomic mass is 9.77. The van der Waals surface area contributed by atoms with Crippen molar-refractivity contribution in [3.63, 3.8) is 0 Å². The van der Waals surface area contributed by atoms with Gasteiger partial charge in [-0.25, -0.2) is 0 Å². The quantitative estimate of drug-likeness (QED) is 0.750. The molecule has 0 aliphatic carbocycles. The van der Waals surface area contributed by atoms with Crippen molar-refractivity contribution < 1.29 is 35.9 Å². The number of benzene rings is 2. The van der Waals surface area contributed by atoms with E-state index >= 15 is 0 Å². The fourth-order valence-corrected chi connectivity index (χ4v) is 3.88. The standard InChI is InChI=1S/C20H20F3NO5S/c1-19(2)16(18(25)15-11-14(28-3)7-8-17(15)29-19)10-12-5-4-6-13(9-12)24-30(26,27)20(21,22)23/h4-9,11,16,24H,10H2,1-3H3. The Bertz CT molecular complexity index is 1080. The molecule has 162 valence electrons. The highest BCUT2D eigenvalue weighted by Gasteiger charge is 2.46. The summed E-state index contributed by atoms with van der Waals surface area (Å²) < 4.78 is 73.2. The van der Waals surface area contributed by atoms with Crippen molar-refractivity contribution in [3.8, 4) is 11.5 Å². The maximum absolute atomic E-state index is 13.2. The fraction of sp³-hybridized carbons (Fsp3) is 0.350. The molecule has 0 amide bonds. The van der Waals surface area contributed by atoms with Gasteiger partial charge < -0.3 is 9.47 Å². The van der Waals surface area contributed by atoms with Gasteiger partial charge in [-0.15, -0.1) is 0 Å². The number of fused-ring (bicyclic) bond motifs is 1. The number of ether oxygens (including phenoxy) is 2. The summed E-state index contributed by atoms with van der Waals surface area (Å²) in [5.74, 6) is 0.0782. The van der Waals surface area contributed by atoms with E-state index in [1.54, 1.807) is 38.1 Å². The van der Waals surface area contributed by atoms with Crippen molar-refractivity contribution >= 4 is 21.5 Å². The molecular formula is C20H20F3NO5S. The van der Waals surface area contributed by atoms with Crippen molar-refractivity contribution in [3.05, 3.63) is 53.6 Å². The van der Waals surface area contributed by atoms with E-state index < -0.39 is 27.1 Å². The predicted octanol–water partition coefficient (Wildman–Crippen LogP) is 4.17. The zero-order valence-corrected chi connectivity index (χ0v) is 17.2. The molecule has 2 aromatic carbocycles. The van der Waals surface area contributed by atoms with Crippen LogP contribution in [0.1, 0.15) is 29.8 Å². The minimum atomic E-state index is -5.54. The topological polar surface area (TPSA) is 81.7 Å². The molecule has 0 saturated carbocycles. The largest absolute Gasteiger partial charge is 0.516 e. The van der Waals surface area contributed by atoms with Gasteiger partial charge in [-0.1, -0.05) is 12.1 Å². The third kappa shape index (κ3) is 4.23. The highest BCUT2D eigenvalue weighted by atomic mass is 32.2. The van der Waals surface area contributed by atoms with Crippen LogP contribution in [0.2, 0.25) is 0 Å². The van der Waals surface area contributed by atoms with Crippen LogP contribution in [0.15, 0.2) is 42.5 Å². The molecule has 6 nitrogen and oxygen atoms in total. The Morgan fingerprint density at radius 2 is 1.87 bits per heavy atom. The van der Waals surface area contributed by atoms with Crippen LogP contribution in [-0.2, 0) is 16.4 Å². The molecule has 0 fully saturated rings. The number of hydrogen-bond donors (Lipinski definition) is 1. The zero-order chi connectivity index (χ0) is 22.3. The molecule has 1 N–H and O–H groups in total. The van der Waals surface area contributed by atoms with Gasteiger partial charge in [0.15, 0.2) is 5.78 Å². The summed E-state index contributed by atoms with van der Waals surface area (Å²) in [4.78, 5) is 13.2. The average molecular weight is 443 g/mol. The summed E-state index contributed by atoms with van der Waals surface area (Å²) in [6, 6.07) is 10.4. The number of methoxy groups -OCH3 is 1.